The van der Waals surface area contributed by atoms with Crippen LogP contribution in [0.2, 0.25) is 0 Å². The molecule has 0 saturated heterocycles. The lowest BCUT2D eigenvalue weighted by Gasteiger charge is -2.08. The van der Waals surface area contributed by atoms with Gasteiger partial charge in [0.2, 0.25) is 0 Å². The van der Waals surface area contributed by atoms with Crippen LogP contribution in [0.25, 0.3) is 0 Å². The number of aromatic nitrogens is 1. The highest BCUT2D eigenvalue weighted by molar-refractivity contribution is 5.16. The molecular weight excluding hydrogens is 211 g/mol. The number of rotatable bonds is 5. The second kappa shape index (κ2) is 5.55. The fourth-order valence-corrected chi connectivity index (χ4v) is 0.841. The van der Waals surface area contributed by atoms with E-state index in [-0.39, 0.29) is 13.2 Å². The second-order valence-electron chi connectivity index (χ2n) is 2.70. The molecule has 0 saturated carbocycles. The molecule has 0 unspecified atom stereocenters. The third-order valence-corrected chi connectivity index (χ3v) is 1.41. The summed E-state index contributed by atoms with van der Waals surface area (Å²) in [5, 5.41) is 0. The average molecular weight is 221 g/mol. The predicted molar refractivity (Wildman–Crippen MR) is 46.6 cm³/mol. The van der Waals surface area contributed by atoms with Crippen molar-refractivity contribution in [1.29, 1.82) is 0 Å². The molecule has 0 aromatic carbocycles. The van der Waals surface area contributed by atoms with Gasteiger partial charge in [-0.3, -0.25) is 4.98 Å². The van der Waals surface area contributed by atoms with Gasteiger partial charge in [0.25, 0.3) is 0 Å². The zero-order valence-electron chi connectivity index (χ0n) is 7.83. The summed E-state index contributed by atoms with van der Waals surface area (Å²) in [6, 6.07) is 3.23. The third-order valence-electron chi connectivity index (χ3n) is 1.41. The number of hydrogen-bond donors (Lipinski definition) is 0. The van der Waals surface area contributed by atoms with Gasteiger partial charge in [0, 0.05) is 12.4 Å². The van der Waals surface area contributed by atoms with Crippen molar-refractivity contribution in [2.45, 2.75) is 6.18 Å². The van der Waals surface area contributed by atoms with E-state index in [0.717, 1.165) is 0 Å². The van der Waals surface area contributed by atoms with Gasteiger partial charge in [-0.05, 0) is 12.1 Å². The normalized spacial score (nSPS) is 11.4. The van der Waals surface area contributed by atoms with Gasteiger partial charge in [-0.1, -0.05) is 0 Å². The van der Waals surface area contributed by atoms with Crippen molar-refractivity contribution in [2.24, 2.45) is 0 Å². The molecule has 0 fully saturated rings. The first kappa shape index (κ1) is 11.8. The number of alkyl halides is 3. The van der Waals surface area contributed by atoms with Gasteiger partial charge < -0.3 is 9.47 Å². The summed E-state index contributed by atoms with van der Waals surface area (Å²) in [4.78, 5) is 3.76. The average Bonchev–Trinajstić information content (AvgIpc) is 2.17. The van der Waals surface area contributed by atoms with Crippen LogP contribution in [-0.2, 0) is 4.74 Å². The summed E-state index contributed by atoms with van der Waals surface area (Å²) < 4.78 is 44.3. The molecule has 1 aromatic heterocycles. The molecule has 1 heterocycles. The second-order valence-corrected chi connectivity index (χ2v) is 2.70. The van der Waals surface area contributed by atoms with E-state index >= 15 is 0 Å². The van der Waals surface area contributed by atoms with Crippen molar-refractivity contribution in [2.75, 3.05) is 19.8 Å². The molecule has 0 aliphatic rings. The third kappa shape index (κ3) is 5.90. The van der Waals surface area contributed by atoms with Crippen LogP contribution in [0.5, 0.6) is 5.75 Å². The first-order valence-corrected chi connectivity index (χ1v) is 4.25. The van der Waals surface area contributed by atoms with Gasteiger partial charge >= 0.3 is 6.18 Å². The van der Waals surface area contributed by atoms with E-state index in [0.29, 0.717) is 5.75 Å². The van der Waals surface area contributed by atoms with Gasteiger partial charge in [-0.15, -0.1) is 0 Å². The molecule has 1 rings (SSSR count). The highest BCUT2D eigenvalue weighted by Gasteiger charge is 2.27. The van der Waals surface area contributed by atoms with Gasteiger partial charge in [0.15, 0.2) is 0 Å². The van der Waals surface area contributed by atoms with E-state index in [1.807, 2.05) is 0 Å². The first-order chi connectivity index (χ1) is 7.08. The summed E-state index contributed by atoms with van der Waals surface area (Å²) >= 11 is 0. The van der Waals surface area contributed by atoms with Crippen LogP contribution >= 0.6 is 0 Å². The Morgan fingerprint density at radius 3 is 2.40 bits per heavy atom. The molecule has 84 valence electrons. The van der Waals surface area contributed by atoms with Gasteiger partial charge in [0.05, 0.1) is 6.61 Å². The summed E-state index contributed by atoms with van der Waals surface area (Å²) in [6.07, 6.45) is -1.21. The zero-order valence-corrected chi connectivity index (χ0v) is 7.83. The molecule has 0 spiro atoms. The van der Waals surface area contributed by atoms with Crippen molar-refractivity contribution in [3.05, 3.63) is 24.5 Å². The topological polar surface area (TPSA) is 31.4 Å². The fraction of sp³-hybridized carbons (Fsp3) is 0.444. The molecule has 15 heavy (non-hydrogen) atoms. The molecular formula is C9H10F3NO2. The fourth-order valence-electron chi connectivity index (χ4n) is 0.841. The number of ether oxygens (including phenoxy) is 2. The van der Waals surface area contributed by atoms with Crippen LogP contribution in [-0.4, -0.2) is 31.0 Å². The maximum Gasteiger partial charge on any atom is 0.411 e. The largest absolute Gasteiger partial charge is 0.491 e. The van der Waals surface area contributed by atoms with Crippen LogP contribution in [0.15, 0.2) is 24.5 Å². The minimum absolute atomic E-state index is 0.0834. The molecule has 0 bridgehead atoms. The Morgan fingerprint density at radius 1 is 1.13 bits per heavy atom. The van der Waals surface area contributed by atoms with Crippen LogP contribution in [0.4, 0.5) is 13.2 Å². The van der Waals surface area contributed by atoms with E-state index < -0.39 is 12.8 Å². The smallest absolute Gasteiger partial charge is 0.411 e. The van der Waals surface area contributed by atoms with Crippen molar-refractivity contribution < 1.29 is 22.6 Å². The first-order valence-electron chi connectivity index (χ1n) is 4.25. The molecule has 6 heteroatoms. The standard InChI is InChI=1S/C9H10F3NO2/c10-9(11,12)7-14-5-6-15-8-1-3-13-4-2-8/h1-4H,5-7H2. The Bertz CT molecular complexity index is 276. The Morgan fingerprint density at radius 2 is 1.80 bits per heavy atom. The zero-order chi connectivity index (χ0) is 11.1. The SMILES string of the molecule is FC(F)(F)COCCOc1ccncc1. The molecule has 3 nitrogen and oxygen atoms in total. The lowest BCUT2D eigenvalue weighted by molar-refractivity contribution is -0.175. The maximum absolute atomic E-state index is 11.6. The van der Waals surface area contributed by atoms with E-state index in [1.54, 1.807) is 12.1 Å². The summed E-state index contributed by atoms with van der Waals surface area (Å²) in [7, 11) is 0. The predicted octanol–water partition coefficient (Wildman–Crippen LogP) is 2.04. The molecule has 0 atom stereocenters. The van der Waals surface area contributed by atoms with E-state index in [4.69, 9.17) is 4.74 Å². The Hall–Kier alpha value is -1.30. The van der Waals surface area contributed by atoms with Crippen molar-refractivity contribution in [1.82, 2.24) is 4.98 Å². The number of hydrogen-bond acceptors (Lipinski definition) is 3. The molecule has 1 aromatic rings. The monoisotopic (exact) mass is 221 g/mol. The summed E-state index contributed by atoms with van der Waals surface area (Å²) in [6.45, 7) is -1.26. The highest BCUT2D eigenvalue weighted by Crippen LogP contribution is 2.14. The summed E-state index contributed by atoms with van der Waals surface area (Å²) in [5.74, 6) is 0.556. The van der Waals surface area contributed by atoms with Crippen LogP contribution < -0.4 is 4.74 Å². The van der Waals surface area contributed by atoms with Crippen molar-refractivity contribution in [3.8, 4) is 5.75 Å². The minimum Gasteiger partial charge on any atom is -0.491 e. The van der Waals surface area contributed by atoms with Crippen LogP contribution in [0.1, 0.15) is 0 Å². The number of nitrogens with zero attached hydrogens (tertiary/aromatic N) is 1. The lowest BCUT2D eigenvalue weighted by Crippen LogP contribution is -2.19. The summed E-state index contributed by atoms with van der Waals surface area (Å²) in [5.41, 5.74) is 0. The Kier molecular flexibility index (Phi) is 4.36. The number of pyridine rings is 1. The Labute approximate surface area is 84.8 Å². The number of halogens is 3. The van der Waals surface area contributed by atoms with Crippen LogP contribution in [0, 0.1) is 0 Å². The van der Waals surface area contributed by atoms with E-state index in [9.17, 15) is 13.2 Å². The molecule has 0 aliphatic heterocycles. The molecule has 0 N–H and O–H groups in total. The quantitative estimate of drug-likeness (QED) is 0.713. The minimum atomic E-state index is -4.28. The Balaban J connectivity index is 2.08. The molecule has 0 aliphatic carbocycles. The van der Waals surface area contributed by atoms with Gasteiger partial charge in [-0.2, -0.15) is 13.2 Å². The van der Waals surface area contributed by atoms with Crippen LogP contribution in [0.3, 0.4) is 0 Å². The van der Waals surface area contributed by atoms with Gasteiger partial charge in [0.1, 0.15) is 19.0 Å². The lowest BCUT2D eigenvalue weighted by atomic mass is 10.4. The van der Waals surface area contributed by atoms with Crippen molar-refractivity contribution >= 4 is 0 Å². The highest BCUT2D eigenvalue weighted by atomic mass is 19.4. The maximum atomic E-state index is 11.6. The van der Waals surface area contributed by atoms with Crippen molar-refractivity contribution in [3.63, 3.8) is 0 Å². The van der Waals surface area contributed by atoms with E-state index in [1.165, 1.54) is 12.4 Å². The molecule has 0 amide bonds. The van der Waals surface area contributed by atoms with E-state index in [2.05, 4.69) is 9.72 Å². The van der Waals surface area contributed by atoms with Gasteiger partial charge in [-0.25, -0.2) is 0 Å². The molecule has 0 radical (unpaired) electrons.